The van der Waals surface area contributed by atoms with Crippen LogP contribution in [0.1, 0.15) is 39.5 Å². The molecule has 0 radical (unpaired) electrons. The summed E-state index contributed by atoms with van der Waals surface area (Å²) in [6.45, 7) is 12.1. The number of nitrogens with zero attached hydrogens (tertiary/aromatic N) is 1. The Kier molecular flexibility index (Phi) is 9.87. The molecule has 0 saturated heterocycles. The molecular weight excluding hydrogens is 435 g/mol. The van der Waals surface area contributed by atoms with E-state index < -0.39 is 5.41 Å². The number of aliphatic imine (C=N–C) groups is 1. The molecule has 0 atom stereocenters. The zero-order valence-corrected chi connectivity index (χ0v) is 18.7. The molecule has 0 spiro atoms. The van der Waals surface area contributed by atoms with Crippen molar-refractivity contribution in [2.45, 2.75) is 40.0 Å². The Morgan fingerprint density at radius 2 is 1.79 bits per heavy atom. The molecule has 0 saturated carbocycles. The van der Waals surface area contributed by atoms with Crippen LogP contribution in [-0.4, -0.2) is 38.5 Å². The van der Waals surface area contributed by atoms with Gasteiger partial charge in [0.15, 0.2) is 5.96 Å². The first-order chi connectivity index (χ1) is 10.7. The third-order valence-corrected chi connectivity index (χ3v) is 5.00. The monoisotopic (exact) mass is 466 g/mol. The Morgan fingerprint density at radius 1 is 1.17 bits per heavy atom. The van der Waals surface area contributed by atoms with Gasteiger partial charge in [0, 0.05) is 37.0 Å². The van der Waals surface area contributed by atoms with Crippen LogP contribution in [-0.2, 0) is 10.2 Å². The first-order valence-electron chi connectivity index (χ1n) is 7.99. The van der Waals surface area contributed by atoms with Gasteiger partial charge >= 0.3 is 0 Å². The van der Waals surface area contributed by atoms with E-state index in [1.807, 2.05) is 20.8 Å². The Hall–Kier alpha value is -0.830. The van der Waals surface area contributed by atoms with Crippen LogP contribution in [0.5, 0.6) is 0 Å². The van der Waals surface area contributed by atoms with Crippen molar-refractivity contribution in [1.82, 2.24) is 16.0 Å². The van der Waals surface area contributed by atoms with Crippen LogP contribution >= 0.6 is 35.3 Å². The summed E-state index contributed by atoms with van der Waals surface area (Å²) in [5.74, 6) is 0.758. The first kappa shape index (κ1) is 23.2. The number of amides is 1. The van der Waals surface area contributed by atoms with Gasteiger partial charge in [-0.2, -0.15) is 0 Å². The van der Waals surface area contributed by atoms with Gasteiger partial charge in [-0.05, 0) is 32.2 Å². The number of carbonyl (C=O) groups is 1. The predicted molar refractivity (Wildman–Crippen MR) is 115 cm³/mol. The number of nitrogens with one attached hydrogen (secondary N) is 3. The molecule has 0 unspecified atom stereocenters. The van der Waals surface area contributed by atoms with Crippen LogP contribution < -0.4 is 16.0 Å². The maximum atomic E-state index is 12.0. The molecule has 1 amide bonds. The van der Waals surface area contributed by atoms with Crippen molar-refractivity contribution in [2.75, 3.05) is 26.7 Å². The predicted octanol–water partition coefficient (Wildman–Crippen LogP) is 2.97. The number of thiophene rings is 1. The molecule has 0 aliphatic carbocycles. The van der Waals surface area contributed by atoms with Gasteiger partial charge in [0.25, 0.3) is 0 Å². The van der Waals surface area contributed by atoms with E-state index in [-0.39, 0.29) is 35.3 Å². The number of rotatable bonds is 7. The van der Waals surface area contributed by atoms with Crippen molar-refractivity contribution >= 4 is 47.2 Å². The largest absolute Gasteiger partial charge is 0.356 e. The van der Waals surface area contributed by atoms with Crippen molar-refractivity contribution in [2.24, 2.45) is 10.4 Å². The van der Waals surface area contributed by atoms with E-state index in [0.29, 0.717) is 19.0 Å². The molecule has 138 valence electrons. The number of hydrogen-bond donors (Lipinski definition) is 3. The minimum Gasteiger partial charge on any atom is -0.356 e. The van der Waals surface area contributed by atoms with E-state index in [1.54, 1.807) is 18.4 Å². The summed E-state index contributed by atoms with van der Waals surface area (Å²) >= 11 is 1.76. The summed E-state index contributed by atoms with van der Waals surface area (Å²) in [6.07, 6.45) is 0. The molecule has 0 fully saturated rings. The molecule has 3 N–H and O–H groups in total. The van der Waals surface area contributed by atoms with Crippen LogP contribution in [0.25, 0.3) is 0 Å². The summed E-state index contributed by atoms with van der Waals surface area (Å²) in [7, 11) is 1.74. The van der Waals surface area contributed by atoms with Crippen LogP contribution in [0.2, 0.25) is 0 Å². The lowest BCUT2D eigenvalue weighted by atomic mass is 9.91. The number of guanidine groups is 1. The Morgan fingerprint density at radius 3 is 2.29 bits per heavy atom. The SMILES string of the molecule is CCNC(=O)C(C)(C)CNC(=NC)NCC(C)(C)c1cccs1.I. The van der Waals surface area contributed by atoms with Gasteiger partial charge < -0.3 is 16.0 Å². The molecule has 0 aliphatic heterocycles. The minimum atomic E-state index is -0.489. The van der Waals surface area contributed by atoms with Gasteiger partial charge in [-0.25, -0.2) is 0 Å². The lowest BCUT2D eigenvalue weighted by Crippen LogP contribution is -2.49. The molecular formula is C17H31IN4OS. The van der Waals surface area contributed by atoms with E-state index in [0.717, 1.165) is 6.54 Å². The molecule has 0 bridgehead atoms. The van der Waals surface area contributed by atoms with Gasteiger partial charge in [0.1, 0.15) is 0 Å². The Labute approximate surface area is 167 Å². The van der Waals surface area contributed by atoms with E-state index in [4.69, 9.17) is 0 Å². The van der Waals surface area contributed by atoms with E-state index >= 15 is 0 Å². The standard InChI is InChI=1S/C17H30N4OS.HI/c1-7-19-14(22)17(4,5)12-21-15(18-6)20-11-16(2,3)13-9-8-10-23-13;/h8-10H,7,11-12H2,1-6H3,(H,19,22)(H2,18,20,21);1H. The third kappa shape index (κ3) is 6.96. The molecule has 1 rings (SSSR count). The van der Waals surface area contributed by atoms with Gasteiger partial charge in [-0.15, -0.1) is 35.3 Å². The highest BCUT2D eigenvalue weighted by Crippen LogP contribution is 2.26. The van der Waals surface area contributed by atoms with Crippen molar-refractivity contribution in [3.63, 3.8) is 0 Å². The lowest BCUT2D eigenvalue weighted by molar-refractivity contribution is -0.128. The molecule has 5 nitrogen and oxygen atoms in total. The fraction of sp³-hybridized carbons (Fsp3) is 0.647. The Bertz CT molecular complexity index is 527. The highest BCUT2D eigenvalue weighted by atomic mass is 127. The minimum absolute atomic E-state index is 0. The third-order valence-electron chi connectivity index (χ3n) is 3.76. The maximum absolute atomic E-state index is 12.0. The second kappa shape index (κ2) is 10.2. The summed E-state index contributed by atoms with van der Waals surface area (Å²) in [4.78, 5) is 17.6. The van der Waals surface area contributed by atoms with Crippen molar-refractivity contribution in [1.29, 1.82) is 0 Å². The smallest absolute Gasteiger partial charge is 0.227 e. The molecule has 7 heteroatoms. The normalized spacial score (nSPS) is 12.3. The first-order valence-corrected chi connectivity index (χ1v) is 8.87. The fourth-order valence-electron chi connectivity index (χ4n) is 2.06. The maximum Gasteiger partial charge on any atom is 0.227 e. The molecule has 0 aromatic carbocycles. The molecule has 0 aliphatic rings. The van der Waals surface area contributed by atoms with E-state index in [2.05, 4.69) is 52.3 Å². The molecule has 1 heterocycles. The second-order valence-corrected chi connectivity index (χ2v) is 7.83. The van der Waals surface area contributed by atoms with Gasteiger partial charge in [0.05, 0.1) is 5.41 Å². The highest BCUT2D eigenvalue weighted by molar-refractivity contribution is 14.0. The van der Waals surface area contributed by atoms with Gasteiger partial charge in [-0.3, -0.25) is 9.79 Å². The van der Waals surface area contributed by atoms with Crippen LogP contribution in [0, 0.1) is 5.41 Å². The molecule has 1 aromatic rings. The van der Waals surface area contributed by atoms with Gasteiger partial charge in [0.2, 0.25) is 5.91 Å². The highest BCUT2D eigenvalue weighted by Gasteiger charge is 2.27. The van der Waals surface area contributed by atoms with E-state index in [1.165, 1.54) is 4.88 Å². The number of halogens is 1. The van der Waals surface area contributed by atoms with Crippen LogP contribution in [0.15, 0.2) is 22.5 Å². The average molecular weight is 466 g/mol. The zero-order chi connectivity index (χ0) is 17.5. The van der Waals surface area contributed by atoms with Gasteiger partial charge in [-0.1, -0.05) is 19.9 Å². The van der Waals surface area contributed by atoms with Crippen molar-refractivity contribution in [3.05, 3.63) is 22.4 Å². The molecule has 1 aromatic heterocycles. The van der Waals surface area contributed by atoms with Crippen LogP contribution in [0.3, 0.4) is 0 Å². The van der Waals surface area contributed by atoms with E-state index in [9.17, 15) is 4.79 Å². The Balaban J connectivity index is 0.00000529. The molecule has 24 heavy (non-hydrogen) atoms. The average Bonchev–Trinajstić information content (AvgIpc) is 3.02. The summed E-state index contributed by atoms with van der Waals surface area (Å²) in [5.41, 5.74) is -0.461. The topological polar surface area (TPSA) is 65.5 Å². The zero-order valence-electron chi connectivity index (χ0n) is 15.5. The second-order valence-electron chi connectivity index (χ2n) is 6.88. The number of hydrogen-bond acceptors (Lipinski definition) is 3. The van der Waals surface area contributed by atoms with Crippen LogP contribution in [0.4, 0.5) is 0 Å². The summed E-state index contributed by atoms with van der Waals surface area (Å²) < 4.78 is 0. The number of carbonyl (C=O) groups excluding carboxylic acids is 1. The quantitative estimate of drug-likeness (QED) is 0.329. The van der Waals surface area contributed by atoms with Crippen molar-refractivity contribution in [3.8, 4) is 0 Å². The summed E-state index contributed by atoms with van der Waals surface area (Å²) in [5, 5.41) is 11.6. The summed E-state index contributed by atoms with van der Waals surface area (Å²) in [6, 6.07) is 4.23. The fourth-order valence-corrected chi connectivity index (χ4v) is 2.91. The lowest BCUT2D eigenvalue weighted by Gasteiger charge is -2.27. The van der Waals surface area contributed by atoms with Crippen molar-refractivity contribution < 1.29 is 4.79 Å².